The van der Waals surface area contributed by atoms with E-state index in [4.69, 9.17) is 9.47 Å². The van der Waals surface area contributed by atoms with Gasteiger partial charge in [-0.3, -0.25) is 9.78 Å². The van der Waals surface area contributed by atoms with Gasteiger partial charge in [-0.1, -0.05) is 30.3 Å². The van der Waals surface area contributed by atoms with Crippen molar-refractivity contribution in [3.63, 3.8) is 0 Å². The van der Waals surface area contributed by atoms with E-state index < -0.39 is 0 Å². The lowest BCUT2D eigenvalue weighted by atomic mass is 10.1. The van der Waals surface area contributed by atoms with Crippen molar-refractivity contribution in [1.82, 2.24) is 9.97 Å². The van der Waals surface area contributed by atoms with Crippen LogP contribution in [0.15, 0.2) is 54.7 Å². The third-order valence-electron chi connectivity index (χ3n) is 3.89. The van der Waals surface area contributed by atoms with Crippen LogP contribution in [-0.2, 0) is 0 Å². The maximum atomic E-state index is 12.8. The molecule has 2 aromatic carbocycles. The van der Waals surface area contributed by atoms with E-state index in [1.54, 1.807) is 45.5 Å². The molecule has 1 N–H and O–H groups in total. The van der Waals surface area contributed by atoms with Gasteiger partial charge in [-0.15, -0.1) is 0 Å². The molecule has 0 saturated carbocycles. The molecule has 0 spiro atoms. The first kappa shape index (κ1) is 17.4. The Morgan fingerprint density at radius 1 is 1.04 bits per heavy atom. The maximum absolute atomic E-state index is 12.8. The van der Waals surface area contributed by atoms with Crippen LogP contribution in [0.3, 0.4) is 0 Å². The van der Waals surface area contributed by atoms with E-state index in [0.29, 0.717) is 28.6 Å². The molecule has 26 heavy (non-hydrogen) atoms. The number of hydrogen-bond donors (Lipinski definition) is 1. The number of hydrogen-bond acceptors (Lipinski definition) is 5. The lowest BCUT2D eigenvalue weighted by Gasteiger charge is -2.12. The molecule has 3 rings (SSSR count). The number of carbonyl (C=O) groups excluding carboxylic acids is 1. The van der Waals surface area contributed by atoms with E-state index in [9.17, 15) is 4.79 Å². The highest BCUT2D eigenvalue weighted by Gasteiger charge is 2.16. The molecule has 1 heterocycles. The second-order valence-electron chi connectivity index (χ2n) is 5.58. The molecule has 0 radical (unpaired) electrons. The Balaban J connectivity index is 1.93. The lowest BCUT2D eigenvalue weighted by molar-refractivity contribution is 0.102. The minimum absolute atomic E-state index is 0.260. The predicted molar refractivity (Wildman–Crippen MR) is 99.7 cm³/mol. The Morgan fingerprint density at radius 3 is 2.50 bits per heavy atom. The van der Waals surface area contributed by atoms with Gasteiger partial charge < -0.3 is 14.8 Å². The van der Waals surface area contributed by atoms with Gasteiger partial charge in [0.15, 0.2) is 0 Å². The Hall–Kier alpha value is -3.41. The summed E-state index contributed by atoms with van der Waals surface area (Å²) in [5, 5.41) is 2.83. The van der Waals surface area contributed by atoms with Crippen LogP contribution in [-0.4, -0.2) is 30.1 Å². The zero-order valence-electron chi connectivity index (χ0n) is 14.8. The summed E-state index contributed by atoms with van der Waals surface area (Å²) in [6.45, 7) is 1.75. The van der Waals surface area contributed by atoms with Gasteiger partial charge in [-0.05, 0) is 19.1 Å². The number of aromatic nitrogens is 2. The molecule has 6 nitrogen and oxygen atoms in total. The fourth-order valence-electron chi connectivity index (χ4n) is 2.51. The number of nitrogens with one attached hydrogen (secondary N) is 1. The molecule has 0 aliphatic rings. The summed E-state index contributed by atoms with van der Waals surface area (Å²) in [4.78, 5) is 21.6. The molecule has 6 heteroatoms. The van der Waals surface area contributed by atoms with Gasteiger partial charge >= 0.3 is 0 Å². The monoisotopic (exact) mass is 349 g/mol. The first-order chi connectivity index (χ1) is 12.6. The number of rotatable bonds is 5. The van der Waals surface area contributed by atoms with E-state index in [2.05, 4.69) is 15.3 Å². The van der Waals surface area contributed by atoms with Crippen molar-refractivity contribution in [1.29, 1.82) is 0 Å². The predicted octanol–water partition coefficient (Wildman–Crippen LogP) is 3.72. The van der Waals surface area contributed by atoms with Crippen molar-refractivity contribution >= 4 is 11.6 Å². The number of amides is 1. The number of nitrogens with zero attached hydrogens (tertiary/aromatic N) is 2. The van der Waals surface area contributed by atoms with Gasteiger partial charge in [0, 0.05) is 11.6 Å². The molecule has 1 amide bonds. The van der Waals surface area contributed by atoms with Gasteiger partial charge in [0.05, 0.1) is 37.5 Å². The summed E-state index contributed by atoms with van der Waals surface area (Å²) < 4.78 is 10.5. The zero-order chi connectivity index (χ0) is 18.5. The second-order valence-corrected chi connectivity index (χ2v) is 5.58. The fraction of sp³-hybridized carbons (Fsp3) is 0.150. The largest absolute Gasteiger partial charge is 0.497 e. The summed E-state index contributed by atoms with van der Waals surface area (Å²) in [7, 11) is 3.10. The Kier molecular flexibility index (Phi) is 5.12. The molecule has 132 valence electrons. The van der Waals surface area contributed by atoms with Crippen molar-refractivity contribution in [3.05, 3.63) is 66.1 Å². The summed E-state index contributed by atoms with van der Waals surface area (Å²) in [5.74, 6) is 0.783. The normalized spacial score (nSPS) is 10.3. The first-order valence-electron chi connectivity index (χ1n) is 8.05. The fourth-order valence-corrected chi connectivity index (χ4v) is 2.51. The van der Waals surface area contributed by atoms with Gasteiger partial charge in [0.1, 0.15) is 17.2 Å². The van der Waals surface area contributed by atoms with Crippen LogP contribution >= 0.6 is 0 Å². The molecule has 0 fully saturated rings. The van der Waals surface area contributed by atoms with E-state index >= 15 is 0 Å². The quantitative estimate of drug-likeness (QED) is 0.760. The summed E-state index contributed by atoms with van der Waals surface area (Å²) in [6.07, 6.45) is 1.66. The molecule has 0 saturated heterocycles. The SMILES string of the molecule is COc1ccc(OC)c(NC(=O)c2nc(-c3ccccc3)cnc2C)c1. The average Bonchev–Trinajstić information content (AvgIpc) is 2.68. The van der Waals surface area contributed by atoms with Crippen LogP contribution in [0.25, 0.3) is 11.3 Å². The minimum Gasteiger partial charge on any atom is -0.497 e. The van der Waals surface area contributed by atoms with Crippen LogP contribution in [0.5, 0.6) is 11.5 Å². The summed E-state index contributed by atoms with van der Waals surface area (Å²) in [6, 6.07) is 14.8. The maximum Gasteiger partial charge on any atom is 0.276 e. The van der Waals surface area contributed by atoms with Crippen LogP contribution in [0.1, 0.15) is 16.2 Å². The van der Waals surface area contributed by atoms with Crippen molar-refractivity contribution < 1.29 is 14.3 Å². The van der Waals surface area contributed by atoms with Gasteiger partial charge in [0.25, 0.3) is 5.91 Å². The minimum atomic E-state index is -0.362. The molecule has 3 aromatic rings. The summed E-state index contributed by atoms with van der Waals surface area (Å²) in [5.41, 5.74) is 2.84. The van der Waals surface area contributed by atoms with Gasteiger partial charge in [-0.25, -0.2) is 4.98 Å². The molecule has 0 atom stereocenters. The molecule has 0 aliphatic carbocycles. The number of benzene rings is 2. The molecule has 0 bridgehead atoms. The van der Waals surface area contributed by atoms with Crippen LogP contribution in [0.2, 0.25) is 0 Å². The Labute approximate surface area is 151 Å². The number of aryl methyl sites for hydroxylation is 1. The molecule has 1 aromatic heterocycles. The molecule has 0 unspecified atom stereocenters. The standard InChI is InChI=1S/C20H19N3O3/c1-13-19(22-17(12-21-13)14-7-5-4-6-8-14)20(24)23-16-11-15(25-2)9-10-18(16)26-3/h4-12H,1-3H3,(H,23,24). The van der Waals surface area contributed by atoms with Crippen molar-refractivity contribution in [2.75, 3.05) is 19.5 Å². The van der Waals surface area contributed by atoms with Crippen LogP contribution in [0, 0.1) is 6.92 Å². The Morgan fingerprint density at radius 2 is 1.81 bits per heavy atom. The van der Waals surface area contributed by atoms with Crippen molar-refractivity contribution in [2.24, 2.45) is 0 Å². The first-order valence-corrected chi connectivity index (χ1v) is 8.05. The van der Waals surface area contributed by atoms with Crippen molar-refractivity contribution in [2.45, 2.75) is 6.92 Å². The highest BCUT2D eigenvalue weighted by Crippen LogP contribution is 2.29. The van der Waals surface area contributed by atoms with Gasteiger partial charge in [-0.2, -0.15) is 0 Å². The number of ether oxygens (including phenoxy) is 2. The van der Waals surface area contributed by atoms with Crippen molar-refractivity contribution in [3.8, 4) is 22.8 Å². The van der Waals surface area contributed by atoms with E-state index in [0.717, 1.165) is 5.56 Å². The topological polar surface area (TPSA) is 73.3 Å². The van der Waals surface area contributed by atoms with Crippen LogP contribution in [0.4, 0.5) is 5.69 Å². The smallest absolute Gasteiger partial charge is 0.276 e. The average molecular weight is 349 g/mol. The highest BCUT2D eigenvalue weighted by atomic mass is 16.5. The third-order valence-corrected chi connectivity index (χ3v) is 3.89. The van der Waals surface area contributed by atoms with Crippen LogP contribution < -0.4 is 14.8 Å². The molecular formula is C20H19N3O3. The molecule has 0 aliphatic heterocycles. The third kappa shape index (κ3) is 3.64. The highest BCUT2D eigenvalue weighted by molar-refractivity contribution is 6.04. The lowest BCUT2D eigenvalue weighted by Crippen LogP contribution is -2.17. The Bertz CT molecular complexity index is 927. The van der Waals surface area contributed by atoms with E-state index in [1.807, 2.05) is 30.3 Å². The zero-order valence-corrected chi connectivity index (χ0v) is 14.8. The number of methoxy groups -OCH3 is 2. The second kappa shape index (κ2) is 7.65. The summed E-state index contributed by atoms with van der Waals surface area (Å²) >= 11 is 0. The van der Waals surface area contributed by atoms with Gasteiger partial charge in [0.2, 0.25) is 0 Å². The van der Waals surface area contributed by atoms with E-state index in [-0.39, 0.29) is 11.6 Å². The number of carbonyl (C=O) groups is 1. The van der Waals surface area contributed by atoms with E-state index in [1.165, 1.54) is 0 Å². The molecular weight excluding hydrogens is 330 g/mol. The number of anilines is 1.